The number of nitrogens with one attached hydrogen (secondary N) is 2. The minimum absolute atomic E-state index is 0.196. The van der Waals surface area contributed by atoms with Crippen LogP contribution in [0.5, 0.6) is 0 Å². The summed E-state index contributed by atoms with van der Waals surface area (Å²) in [7, 11) is 0. The highest BCUT2D eigenvalue weighted by Crippen LogP contribution is 2.20. The van der Waals surface area contributed by atoms with Gasteiger partial charge in [-0.3, -0.25) is 10.8 Å². The molecule has 0 unspecified atom stereocenters. The molecule has 0 aliphatic rings. The lowest BCUT2D eigenvalue weighted by Crippen LogP contribution is -2.22. The summed E-state index contributed by atoms with van der Waals surface area (Å²) in [6.07, 6.45) is 3.15. The Kier molecular flexibility index (Phi) is 3.98. The zero-order chi connectivity index (χ0) is 14.5. The van der Waals surface area contributed by atoms with Gasteiger partial charge in [0.2, 0.25) is 5.71 Å². The molecule has 2 aromatic rings. The second kappa shape index (κ2) is 5.86. The zero-order valence-electron chi connectivity index (χ0n) is 10.2. The molecule has 1 aromatic carbocycles. The summed E-state index contributed by atoms with van der Waals surface area (Å²) in [5.74, 6) is -0.403. The van der Waals surface area contributed by atoms with Crippen LogP contribution in [-0.2, 0) is 0 Å². The number of aromatic nitrogens is 2. The summed E-state index contributed by atoms with van der Waals surface area (Å²) in [6, 6.07) is 8.92. The first kappa shape index (κ1) is 13.6. The summed E-state index contributed by atoms with van der Waals surface area (Å²) in [5.41, 5.74) is 9.01. The molecule has 1 aromatic heterocycles. The first-order valence-corrected chi connectivity index (χ1v) is 5.87. The van der Waals surface area contributed by atoms with Crippen molar-refractivity contribution in [1.29, 1.82) is 10.7 Å². The maximum Gasteiger partial charge on any atom is 0.201 e. The monoisotopic (exact) mass is 287 g/mol. The van der Waals surface area contributed by atoms with Crippen molar-refractivity contribution in [3.8, 4) is 11.8 Å². The number of hydrogen-bond donors (Lipinski definition) is 3. The Balaban J connectivity index is 2.35. The fourth-order valence-electron chi connectivity index (χ4n) is 1.46. The maximum absolute atomic E-state index is 8.79. The lowest BCUT2D eigenvalue weighted by molar-refractivity contribution is 0.881. The Morgan fingerprint density at radius 3 is 2.85 bits per heavy atom. The van der Waals surface area contributed by atoms with Crippen LogP contribution >= 0.6 is 11.6 Å². The van der Waals surface area contributed by atoms with Gasteiger partial charge in [-0.2, -0.15) is 15.5 Å². The van der Waals surface area contributed by atoms with Gasteiger partial charge < -0.3 is 5.73 Å². The number of nitrogens with two attached hydrogens (primary N) is 1. The Labute approximate surface area is 119 Å². The number of rotatable bonds is 4. The lowest BCUT2D eigenvalue weighted by atomic mass is 10.3. The van der Waals surface area contributed by atoms with E-state index in [-0.39, 0.29) is 5.71 Å². The molecular weight excluding hydrogens is 278 g/mol. The van der Waals surface area contributed by atoms with Crippen LogP contribution in [0.15, 0.2) is 41.8 Å². The number of hydrogen-bond acceptors (Lipinski definition) is 5. The summed E-state index contributed by atoms with van der Waals surface area (Å²) < 4.78 is 1.57. The molecule has 0 fully saturated rings. The number of hydrazone groups is 1. The van der Waals surface area contributed by atoms with E-state index in [0.717, 1.165) is 0 Å². The van der Waals surface area contributed by atoms with Crippen LogP contribution in [-0.4, -0.2) is 21.3 Å². The summed E-state index contributed by atoms with van der Waals surface area (Å²) in [5, 5.41) is 24.4. The van der Waals surface area contributed by atoms with E-state index in [4.69, 9.17) is 28.0 Å². The summed E-state index contributed by atoms with van der Waals surface area (Å²) >= 11 is 5.84. The molecule has 0 atom stereocenters. The number of halogens is 1. The second-order valence-corrected chi connectivity index (χ2v) is 4.15. The smallest absolute Gasteiger partial charge is 0.201 e. The van der Waals surface area contributed by atoms with Gasteiger partial charge in [-0.15, -0.1) is 0 Å². The molecule has 0 radical (unpaired) electrons. The van der Waals surface area contributed by atoms with Crippen LogP contribution < -0.4 is 11.2 Å². The third-order valence-corrected chi connectivity index (χ3v) is 2.55. The first-order valence-electron chi connectivity index (χ1n) is 5.49. The van der Waals surface area contributed by atoms with E-state index in [1.807, 2.05) is 6.07 Å². The molecule has 1 heterocycles. The van der Waals surface area contributed by atoms with Crippen molar-refractivity contribution in [3.05, 3.63) is 41.7 Å². The van der Waals surface area contributed by atoms with E-state index in [1.54, 1.807) is 35.1 Å². The Hall–Kier alpha value is -2.85. The lowest BCUT2D eigenvalue weighted by Gasteiger charge is -2.08. The normalized spacial score (nSPS) is 10.9. The molecule has 2 rings (SSSR count). The quantitative estimate of drug-likeness (QED) is 0.451. The van der Waals surface area contributed by atoms with E-state index < -0.39 is 5.84 Å². The predicted molar refractivity (Wildman–Crippen MR) is 77.2 cm³/mol. The molecule has 0 aliphatic heterocycles. The van der Waals surface area contributed by atoms with Gasteiger partial charge in [0.05, 0.1) is 22.6 Å². The van der Waals surface area contributed by atoms with E-state index >= 15 is 0 Å². The van der Waals surface area contributed by atoms with Crippen LogP contribution in [0.3, 0.4) is 0 Å². The first-order chi connectivity index (χ1) is 9.61. The second-order valence-electron chi connectivity index (χ2n) is 3.72. The van der Waals surface area contributed by atoms with Gasteiger partial charge in [0.1, 0.15) is 6.07 Å². The summed E-state index contributed by atoms with van der Waals surface area (Å²) in [6.45, 7) is 0. The van der Waals surface area contributed by atoms with Crippen LogP contribution in [0.1, 0.15) is 0 Å². The highest BCUT2D eigenvalue weighted by atomic mass is 35.5. The van der Waals surface area contributed by atoms with Gasteiger partial charge in [0.15, 0.2) is 5.84 Å². The zero-order valence-corrected chi connectivity index (χ0v) is 11.0. The van der Waals surface area contributed by atoms with Crippen LogP contribution in [0.2, 0.25) is 5.02 Å². The molecule has 20 heavy (non-hydrogen) atoms. The van der Waals surface area contributed by atoms with E-state index in [9.17, 15) is 0 Å². The Bertz CT molecular complexity index is 711. The highest BCUT2D eigenvalue weighted by molar-refractivity contribution is 6.45. The van der Waals surface area contributed by atoms with Gasteiger partial charge in [-0.1, -0.05) is 23.7 Å². The molecule has 100 valence electrons. The van der Waals surface area contributed by atoms with Gasteiger partial charge in [0, 0.05) is 6.20 Å². The number of anilines is 1. The van der Waals surface area contributed by atoms with Crippen LogP contribution in [0, 0.1) is 16.7 Å². The molecule has 0 amide bonds. The van der Waals surface area contributed by atoms with Gasteiger partial charge in [0.25, 0.3) is 0 Å². The molecule has 8 heteroatoms. The van der Waals surface area contributed by atoms with E-state index in [0.29, 0.717) is 16.4 Å². The van der Waals surface area contributed by atoms with Crippen molar-refractivity contribution in [1.82, 2.24) is 9.78 Å². The molecular formula is C12H10ClN7. The Morgan fingerprint density at radius 1 is 1.50 bits per heavy atom. The SMILES string of the molecule is N#C/C(=N\Nc1ccccc1-n1cc(Cl)cn1)C(=N)N. The van der Waals surface area contributed by atoms with Gasteiger partial charge >= 0.3 is 0 Å². The van der Waals surface area contributed by atoms with Gasteiger partial charge in [-0.25, -0.2) is 4.68 Å². The highest BCUT2D eigenvalue weighted by Gasteiger charge is 2.06. The molecule has 7 nitrogen and oxygen atoms in total. The fraction of sp³-hybridized carbons (Fsp3) is 0. The average Bonchev–Trinajstić information content (AvgIpc) is 2.86. The van der Waals surface area contributed by atoms with E-state index in [1.165, 1.54) is 6.20 Å². The molecule has 4 N–H and O–H groups in total. The van der Waals surface area contributed by atoms with Crippen molar-refractivity contribution in [3.63, 3.8) is 0 Å². The molecule has 0 saturated carbocycles. The minimum atomic E-state index is -0.403. The van der Waals surface area contributed by atoms with Crippen molar-refractivity contribution in [2.24, 2.45) is 10.8 Å². The standard InChI is InChI=1S/C12H10ClN7/c13-8-6-17-20(7-8)11-4-2-1-3-9(11)18-19-10(5-14)12(15)16/h1-4,6-7,18H,(H3,15,16)/b19-10+. The van der Waals surface area contributed by atoms with Crippen LogP contribution in [0.4, 0.5) is 5.69 Å². The molecule has 0 aliphatic carbocycles. The molecule has 0 saturated heterocycles. The topological polar surface area (TPSA) is 116 Å². The number of amidine groups is 1. The largest absolute Gasteiger partial charge is 0.382 e. The van der Waals surface area contributed by atoms with Gasteiger partial charge in [-0.05, 0) is 12.1 Å². The van der Waals surface area contributed by atoms with Crippen molar-refractivity contribution < 1.29 is 0 Å². The van der Waals surface area contributed by atoms with Crippen LogP contribution in [0.25, 0.3) is 5.69 Å². The minimum Gasteiger partial charge on any atom is -0.382 e. The number of nitrogens with zero attached hydrogens (tertiary/aromatic N) is 4. The van der Waals surface area contributed by atoms with E-state index in [2.05, 4.69) is 15.6 Å². The average molecular weight is 288 g/mol. The number of para-hydroxylation sites is 2. The third-order valence-electron chi connectivity index (χ3n) is 2.35. The maximum atomic E-state index is 8.79. The van der Waals surface area contributed by atoms with Crippen molar-refractivity contribution in [2.75, 3.05) is 5.43 Å². The predicted octanol–water partition coefficient (Wildman–Crippen LogP) is 1.75. The van der Waals surface area contributed by atoms with Crippen molar-refractivity contribution >= 4 is 28.8 Å². The van der Waals surface area contributed by atoms with Crippen molar-refractivity contribution in [2.45, 2.75) is 0 Å². The molecule has 0 spiro atoms. The summed E-state index contributed by atoms with van der Waals surface area (Å²) in [4.78, 5) is 0. The fourth-order valence-corrected chi connectivity index (χ4v) is 1.60. The third kappa shape index (κ3) is 2.93. The number of benzene rings is 1. The Morgan fingerprint density at radius 2 is 2.25 bits per heavy atom. The molecule has 0 bridgehead atoms. The number of nitriles is 1.